The summed E-state index contributed by atoms with van der Waals surface area (Å²) in [6.45, 7) is 3.80. The fourth-order valence-corrected chi connectivity index (χ4v) is 2.06. The third-order valence-corrected chi connectivity index (χ3v) is 3.86. The molecule has 6 nitrogen and oxygen atoms in total. The summed E-state index contributed by atoms with van der Waals surface area (Å²) in [5.41, 5.74) is -4.25. The number of hydrogen-bond donors (Lipinski definition) is 1. The molecule has 1 aliphatic heterocycles. The lowest BCUT2D eigenvalue weighted by molar-refractivity contribution is -0.670. The van der Waals surface area contributed by atoms with Crippen LogP contribution in [0.5, 0.6) is 0 Å². The van der Waals surface area contributed by atoms with Gasteiger partial charge in [0.25, 0.3) is 0 Å². The van der Waals surface area contributed by atoms with E-state index in [-0.39, 0.29) is 7.12 Å². The van der Waals surface area contributed by atoms with Gasteiger partial charge in [-0.15, -0.1) is 0 Å². The fraction of sp³-hybridized carbons (Fsp3) is 0.571. The summed E-state index contributed by atoms with van der Waals surface area (Å²) in [6, 6.07) is 10.6. The maximum Gasteiger partial charge on any atom is 0.485 e. The molecular weight excluding hydrogens is 362 g/mol. The summed E-state index contributed by atoms with van der Waals surface area (Å²) in [5.74, 6) is 0. The Morgan fingerprint density at radius 1 is 1.12 bits per heavy atom. The minimum Gasteiger partial charge on any atom is -0.741 e. The van der Waals surface area contributed by atoms with Crippen molar-refractivity contribution >= 4 is 17.2 Å². The van der Waals surface area contributed by atoms with E-state index >= 15 is 0 Å². The van der Waals surface area contributed by atoms with Crippen molar-refractivity contribution in [1.29, 1.82) is 0 Å². The average Bonchev–Trinajstić information content (AvgIpc) is 3.04. The lowest BCUT2D eigenvalue weighted by Gasteiger charge is -2.08. The van der Waals surface area contributed by atoms with Gasteiger partial charge in [0, 0.05) is 5.56 Å². The Balaban J connectivity index is 0.000000333. The Bertz CT molecular complexity index is 580. The first-order chi connectivity index (χ1) is 11.7. The quantitative estimate of drug-likeness (QED) is 0.330. The maximum atomic E-state index is 10.7. The van der Waals surface area contributed by atoms with E-state index in [2.05, 4.69) is 35.6 Å². The zero-order valence-corrected chi connectivity index (χ0v) is 14.4. The first kappa shape index (κ1) is 21.9. The molecule has 1 heterocycles. The lowest BCUT2D eigenvalue weighted by atomic mass is 9.83. The van der Waals surface area contributed by atoms with Crippen molar-refractivity contribution in [1.82, 2.24) is 0 Å². The van der Waals surface area contributed by atoms with Gasteiger partial charge in [-0.1, -0.05) is 30.3 Å². The highest BCUT2D eigenvalue weighted by Crippen LogP contribution is 2.20. The number of halogens is 3. The zero-order valence-electron chi connectivity index (χ0n) is 13.6. The van der Waals surface area contributed by atoms with Crippen LogP contribution in [0, 0.1) is 0 Å². The number of nitrogens with two attached hydrogens (primary N) is 1. The topological polar surface area (TPSA) is 92.3 Å². The monoisotopic (exact) mass is 383 g/mol. The van der Waals surface area contributed by atoms with Crippen LogP contribution in [0.4, 0.5) is 13.2 Å². The van der Waals surface area contributed by atoms with Crippen LogP contribution in [0.3, 0.4) is 0 Å². The molecule has 1 aromatic rings. The Kier molecular flexibility index (Phi) is 9.43. The SMILES string of the molecule is O=S(=O)([O-])C(F)(F)F.c1ccc(C[NH2+]CCCCB2OCCO2)cc1. The number of alkyl halides is 3. The van der Waals surface area contributed by atoms with Gasteiger partial charge in [0.2, 0.25) is 0 Å². The normalized spacial score (nSPS) is 15.0. The van der Waals surface area contributed by atoms with Gasteiger partial charge in [0.1, 0.15) is 6.54 Å². The highest BCUT2D eigenvalue weighted by molar-refractivity contribution is 7.86. The molecule has 1 aromatic carbocycles. The Hall–Kier alpha value is -1.14. The van der Waals surface area contributed by atoms with Crippen LogP contribution in [-0.2, 0) is 26.0 Å². The van der Waals surface area contributed by atoms with Crippen molar-refractivity contribution in [2.45, 2.75) is 31.2 Å². The molecule has 1 aliphatic rings. The summed E-state index contributed by atoms with van der Waals surface area (Å²) in [4.78, 5) is 0. The molecule has 142 valence electrons. The molecule has 1 fully saturated rings. The van der Waals surface area contributed by atoms with Crippen LogP contribution in [0.15, 0.2) is 30.3 Å². The second-order valence-electron chi connectivity index (χ2n) is 5.33. The molecule has 2 rings (SSSR count). The zero-order chi connectivity index (χ0) is 18.8. The van der Waals surface area contributed by atoms with Gasteiger partial charge < -0.3 is 19.2 Å². The third-order valence-electron chi connectivity index (χ3n) is 3.30. The number of hydrogen-bond acceptors (Lipinski definition) is 5. The highest BCUT2D eigenvalue weighted by atomic mass is 32.2. The molecule has 0 amide bonds. The van der Waals surface area contributed by atoms with E-state index in [0.29, 0.717) is 0 Å². The Morgan fingerprint density at radius 2 is 1.68 bits per heavy atom. The molecule has 0 bridgehead atoms. The first-order valence-electron chi connectivity index (χ1n) is 7.81. The van der Waals surface area contributed by atoms with E-state index in [4.69, 9.17) is 22.3 Å². The molecule has 1 saturated heterocycles. The largest absolute Gasteiger partial charge is 0.741 e. The molecular formula is C14H21BF3NO5S. The Morgan fingerprint density at radius 3 is 2.20 bits per heavy atom. The molecule has 11 heteroatoms. The molecule has 0 unspecified atom stereocenters. The second kappa shape index (κ2) is 10.8. The molecule has 2 N–H and O–H groups in total. The van der Waals surface area contributed by atoms with Crippen molar-refractivity contribution in [3.05, 3.63) is 35.9 Å². The maximum absolute atomic E-state index is 10.7. The first-order valence-corrected chi connectivity index (χ1v) is 9.22. The van der Waals surface area contributed by atoms with Gasteiger partial charge in [0.05, 0.1) is 19.8 Å². The van der Waals surface area contributed by atoms with Crippen molar-refractivity contribution in [2.24, 2.45) is 0 Å². The van der Waals surface area contributed by atoms with Crippen LogP contribution < -0.4 is 5.32 Å². The fourth-order valence-electron chi connectivity index (χ4n) is 2.06. The molecule has 0 atom stereocenters. The van der Waals surface area contributed by atoms with Gasteiger partial charge in [0.15, 0.2) is 10.1 Å². The minimum absolute atomic E-state index is 0.0733. The summed E-state index contributed by atoms with van der Waals surface area (Å²) < 4.78 is 69.7. The van der Waals surface area contributed by atoms with E-state index in [1.807, 2.05) is 0 Å². The van der Waals surface area contributed by atoms with Gasteiger partial charge in [-0.05, 0) is 19.2 Å². The van der Waals surface area contributed by atoms with Crippen molar-refractivity contribution in [3.8, 4) is 0 Å². The highest BCUT2D eigenvalue weighted by Gasteiger charge is 2.36. The number of quaternary nitrogens is 1. The van der Waals surface area contributed by atoms with Crippen LogP contribution in [0.2, 0.25) is 6.32 Å². The van der Waals surface area contributed by atoms with Crippen molar-refractivity contribution < 1.29 is 40.8 Å². The number of benzene rings is 1. The number of unbranched alkanes of at least 4 members (excludes halogenated alkanes) is 1. The van der Waals surface area contributed by atoms with E-state index < -0.39 is 15.6 Å². The van der Waals surface area contributed by atoms with Crippen molar-refractivity contribution in [2.75, 3.05) is 19.8 Å². The molecule has 0 aromatic heterocycles. The number of rotatable bonds is 7. The third kappa shape index (κ3) is 9.80. The molecule has 25 heavy (non-hydrogen) atoms. The molecule has 0 aliphatic carbocycles. The van der Waals surface area contributed by atoms with Crippen LogP contribution in [-0.4, -0.2) is 45.4 Å². The summed E-state index contributed by atoms with van der Waals surface area (Å²) in [6.07, 6.45) is 3.46. The minimum atomic E-state index is -6.09. The predicted molar refractivity (Wildman–Crippen MR) is 84.4 cm³/mol. The standard InChI is InChI=1S/C13H20BNO2.CHF3O3S/c1-2-6-13(7-3-1)12-15-9-5-4-8-14-16-10-11-17-14;2-1(3,4)8(5,6)7/h1-3,6-7,15H,4-5,8-12H2;(H,5,6,7). The lowest BCUT2D eigenvalue weighted by Crippen LogP contribution is -2.82. The average molecular weight is 383 g/mol. The van der Waals surface area contributed by atoms with Crippen LogP contribution in [0.1, 0.15) is 18.4 Å². The van der Waals surface area contributed by atoms with Gasteiger partial charge in [-0.25, -0.2) is 8.42 Å². The summed E-state index contributed by atoms with van der Waals surface area (Å²) in [5, 5.41) is 2.37. The summed E-state index contributed by atoms with van der Waals surface area (Å²) >= 11 is 0. The van der Waals surface area contributed by atoms with Crippen LogP contribution >= 0.6 is 0 Å². The van der Waals surface area contributed by atoms with E-state index in [0.717, 1.165) is 26.1 Å². The van der Waals surface area contributed by atoms with Crippen molar-refractivity contribution in [3.63, 3.8) is 0 Å². The molecule has 0 saturated carbocycles. The molecule has 0 radical (unpaired) electrons. The summed E-state index contributed by atoms with van der Waals surface area (Å²) in [7, 11) is -6.02. The van der Waals surface area contributed by atoms with Gasteiger partial charge in [-0.2, -0.15) is 13.2 Å². The van der Waals surface area contributed by atoms with Gasteiger partial charge >= 0.3 is 12.6 Å². The van der Waals surface area contributed by atoms with E-state index in [1.54, 1.807) is 0 Å². The van der Waals surface area contributed by atoms with Gasteiger partial charge in [-0.3, -0.25) is 0 Å². The predicted octanol–water partition coefficient (Wildman–Crippen LogP) is 1.12. The second-order valence-corrected chi connectivity index (χ2v) is 6.71. The smallest absolute Gasteiger partial charge is 0.485 e. The van der Waals surface area contributed by atoms with E-state index in [9.17, 15) is 13.2 Å². The molecule has 0 spiro atoms. The van der Waals surface area contributed by atoms with Crippen LogP contribution in [0.25, 0.3) is 0 Å². The Labute approximate surface area is 145 Å². The van der Waals surface area contributed by atoms with E-state index in [1.165, 1.54) is 24.9 Å².